The molecule has 0 unspecified atom stereocenters. The Morgan fingerprint density at radius 2 is 0.785 bits per heavy atom. The molecule has 12 aromatic rings. The summed E-state index contributed by atoms with van der Waals surface area (Å²) < 4.78 is 45.3. The first-order chi connectivity index (χ1) is 62.8. The number of hydrogen-bond donors (Lipinski definition) is 5. The SMILES string of the molecule is CCNC(=O)N1CCN(C(=O)[C@]2(Sc3ccccc3)CC(=O)N(Cc3ccc(Cl)c(F)c3)[C@H]2c2c[nH]c3cc(Cl)ccc23)CC1.O=C1C[C@@](Sc2ccccc2)(C(=O)NCCN2CCOCC2)[C@H](c2c[nH]c3cc(Cl)ccc23)N1Cc1ccc(Cl)c(F)c1.O=CN1CCN(C(=O)[C@]2(Sc3ccccc3)CC(=O)N(Cc3ccc(Cl)c(F)c3)[C@H]2c2c[nH]c3cc(Cl)ccc23)CC1. The summed E-state index contributed by atoms with van der Waals surface area (Å²) in [6.45, 7) is 9.70. The van der Waals surface area contributed by atoms with Gasteiger partial charge in [0.05, 0.1) is 65.7 Å². The van der Waals surface area contributed by atoms with E-state index in [2.05, 4.69) is 30.5 Å². The number of nitrogens with zero attached hydrogens (tertiary/aromatic N) is 8. The van der Waals surface area contributed by atoms with Gasteiger partial charge in [0.2, 0.25) is 41.9 Å². The number of likely N-dealkylation sites (tertiary alicyclic amines) is 3. The van der Waals surface area contributed by atoms with Gasteiger partial charge in [0.1, 0.15) is 31.7 Å². The first kappa shape index (κ1) is 92.9. The molecule has 18 rings (SSSR count). The third-order valence-corrected chi connectivity index (χ3v) is 30.3. The number of rotatable bonds is 23. The van der Waals surface area contributed by atoms with Crippen molar-refractivity contribution >= 4 is 185 Å². The highest BCUT2D eigenvalue weighted by Gasteiger charge is 2.63. The molecule has 22 nitrogen and oxygen atoms in total. The summed E-state index contributed by atoms with van der Waals surface area (Å²) in [5.74, 6) is -2.94. The summed E-state index contributed by atoms with van der Waals surface area (Å²) in [5, 5.41) is 10.2. The maximum atomic E-state index is 15.0. The van der Waals surface area contributed by atoms with E-state index in [1.165, 1.54) is 71.7 Å². The normalized spacial score (nSPS) is 20.7. The smallest absolute Gasteiger partial charge is 0.317 e. The molecule has 5 N–H and O–H groups in total. The number of fused-ring (bicyclic) bond motifs is 3. The van der Waals surface area contributed by atoms with E-state index in [1.54, 1.807) is 70.7 Å². The van der Waals surface area contributed by atoms with Crippen LogP contribution >= 0.6 is 105 Å². The number of H-pyrrole nitrogens is 3. The number of aromatic nitrogens is 3. The van der Waals surface area contributed by atoms with Crippen molar-refractivity contribution in [1.29, 1.82) is 0 Å². The molecular weight excluding hydrogens is 1850 g/mol. The number of thioether (sulfide) groups is 3. The molecule has 34 heteroatoms. The number of halogens is 9. The molecule has 9 aromatic carbocycles. The van der Waals surface area contributed by atoms with Crippen LogP contribution in [0.4, 0.5) is 18.0 Å². The van der Waals surface area contributed by atoms with E-state index in [4.69, 9.17) is 74.3 Å². The zero-order valence-corrected chi connectivity index (χ0v) is 77.3. The van der Waals surface area contributed by atoms with Crippen molar-refractivity contribution in [2.45, 2.75) is 92.9 Å². The predicted octanol–water partition coefficient (Wildman–Crippen LogP) is 18.5. The molecule has 9 amide bonds. The van der Waals surface area contributed by atoms with Crippen LogP contribution in [0.15, 0.2) is 233 Å². The highest BCUT2D eigenvalue weighted by atomic mass is 35.5. The topological polar surface area (TPSA) is 243 Å². The van der Waals surface area contributed by atoms with Crippen molar-refractivity contribution < 1.29 is 56.3 Å². The van der Waals surface area contributed by atoms with Gasteiger partial charge in [-0.2, -0.15) is 0 Å². The molecule has 0 bridgehead atoms. The van der Waals surface area contributed by atoms with Crippen LogP contribution in [0, 0.1) is 17.5 Å². The number of nitrogens with one attached hydrogen (secondary N) is 5. The summed E-state index contributed by atoms with van der Waals surface area (Å²) in [6.07, 6.45) is 6.15. The van der Waals surface area contributed by atoms with Gasteiger partial charge in [-0.05, 0) is 133 Å². The second kappa shape index (κ2) is 40.8. The van der Waals surface area contributed by atoms with Crippen molar-refractivity contribution in [1.82, 2.24) is 64.8 Å². The van der Waals surface area contributed by atoms with Crippen LogP contribution in [0.1, 0.15) is 77.7 Å². The molecule has 6 aliphatic heterocycles. The van der Waals surface area contributed by atoms with Gasteiger partial charge in [-0.1, -0.05) is 161 Å². The summed E-state index contributed by atoms with van der Waals surface area (Å²) >= 11 is 40.9. The summed E-state index contributed by atoms with van der Waals surface area (Å²) in [5.41, 5.74) is 6.37. The molecule has 674 valence electrons. The third kappa shape index (κ3) is 19.9. The van der Waals surface area contributed by atoms with Crippen LogP contribution < -0.4 is 10.6 Å². The van der Waals surface area contributed by atoms with Gasteiger partial charge < -0.3 is 64.6 Å². The Kier molecular flexibility index (Phi) is 29.2. The molecule has 6 atom stereocenters. The van der Waals surface area contributed by atoms with Crippen LogP contribution in [-0.4, -0.2) is 215 Å². The Morgan fingerprint density at radius 3 is 1.15 bits per heavy atom. The molecule has 9 heterocycles. The number of piperazine rings is 2. The van der Waals surface area contributed by atoms with Crippen LogP contribution in [0.5, 0.6) is 0 Å². The first-order valence-electron chi connectivity index (χ1n) is 42.4. The Morgan fingerprint density at radius 1 is 0.438 bits per heavy atom. The average Bonchev–Trinajstić information content (AvgIpc) is 1.57. The van der Waals surface area contributed by atoms with Gasteiger partial charge in [0, 0.05) is 202 Å². The quantitative estimate of drug-likeness (QED) is 0.0375. The number of benzene rings is 9. The highest BCUT2D eigenvalue weighted by Crippen LogP contribution is 2.59. The van der Waals surface area contributed by atoms with Crippen molar-refractivity contribution in [3.63, 3.8) is 0 Å². The number of aromatic amines is 3. The maximum Gasteiger partial charge on any atom is 0.317 e. The lowest BCUT2D eigenvalue weighted by molar-refractivity contribution is -0.138. The number of ether oxygens (including phenoxy) is 1. The van der Waals surface area contributed by atoms with E-state index in [1.807, 2.05) is 153 Å². The number of hydrogen-bond acceptors (Lipinski definition) is 13. The van der Waals surface area contributed by atoms with Crippen LogP contribution in [0.2, 0.25) is 30.1 Å². The van der Waals surface area contributed by atoms with Crippen LogP contribution in [-0.2, 0) is 57.9 Å². The lowest BCUT2D eigenvalue weighted by Gasteiger charge is -2.42. The maximum absolute atomic E-state index is 15.0. The van der Waals surface area contributed by atoms with Gasteiger partial charge in [-0.3, -0.25) is 38.5 Å². The van der Waals surface area contributed by atoms with Crippen LogP contribution in [0.25, 0.3) is 32.7 Å². The molecule has 0 saturated carbocycles. The molecule has 3 aromatic heterocycles. The Balaban J connectivity index is 0.000000143. The minimum Gasteiger partial charge on any atom is -0.379 e. The monoisotopic (exact) mass is 1930 g/mol. The average molecular weight is 1940 g/mol. The Labute approximate surface area is 791 Å². The van der Waals surface area contributed by atoms with Crippen molar-refractivity contribution in [3.05, 3.63) is 300 Å². The molecule has 0 radical (unpaired) electrons. The summed E-state index contributed by atoms with van der Waals surface area (Å²) in [7, 11) is 0. The van der Waals surface area contributed by atoms with Gasteiger partial charge in [-0.25, -0.2) is 18.0 Å². The molecule has 6 saturated heterocycles. The Hall–Kier alpha value is -10.3. The molecular formula is C96H90Cl6F3N13O9S3. The van der Waals surface area contributed by atoms with Gasteiger partial charge in [-0.15, -0.1) is 35.3 Å². The summed E-state index contributed by atoms with van der Waals surface area (Å²) in [4.78, 5) is 137. The largest absolute Gasteiger partial charge is 0.379 e. The standard InChI is InChI=1S/C33H32Cl2FN5O3S.C32H31Cl2FN4O3S.C31H27Cl2FN4O3S/c1-2-37-32(44)40-14-12-39(13-15-40)31(43)33(45-23-6-4-3-5-7-23)18-29(42)41(20-21-8-11-26(35)27(36)16-21)30(33)25-19-38-28-17-22(34)9-10-24(25)28;33-22-7-8-24-25(19-37-28(24)17-22)30-32(43-23-4-2-1-3-5-23,31(41)36-10-11-38-12-14-42-15-13-38)18-29(40)39(30)20-21-6-9-26(34)27(35)16-21;32-21-7-8-23-24(17-35-27(23)15-21)29-31(42-22-4-2-1-3-5-22,30(41)37-12-10-36(19-39)11-13-37)16-28(40)38(29)18-20-6-9-25(33)26(34)14-20/h3-11,16-17,19,30,38H,2,12-15,18,20H2,1H3,(H,37,44);1-9,16-17,19,30,37H,10-15,18,20H2,(H,36,41);1-9,14-15,17,19,29,35H,10-13,16,18H2/t30-,33-;30-,32-;29-,31-/m000/s1. The second-order valence-corrected chi connectivity index (χ2v) is 39.3. The number of amides is 9. The molecule has 6 fully saturated rings. The van der Waals surface area contributed by atoms with E-state index in [9.17, 15) is 51.5 Å². The molecule has 6 aliphatic rings. The molecule has 0 spiro atoms. The fraction of sp³-hybridized carbons (Fsp3) is 0.292. The number of carbonyl (C=O) groups is 8. The van der Waals surface area contributed by atoms with Gasteiger partial charge in [0.25, 0.3) is 0 Å². The van der Waals surface area contributed by atoms with E-state index in [0.29, 0.717) is 117 Å². The van der Waals surface area contributed by atoms with E-state index in [0.717, 1.165) is 83.6 Å². The summed E-state index contributed by atoms with van der Waals surface area (Å²) in [6, 6.07) is 56.5. The van der Waals surface area contributed by atoms with E-state index >= 15 is 0 Å². The number of carbonyl (C=O) groups excluding carboxylic acids is 8. The highest BCUT2D eigenvalue weighted by molar-refractivity contribution is 8.02. The van der Waals surface area contributed by atoms with Crippen molar-refractivity contribution in [2.75, 3.05) is 98.3 Å². The first-order valence-corrected chi connectivity index (χ1v) is 47.2. The Bertz CT molecular complexity index is 6210. The van der Waals surface area contributed by atoms with Crippen LogP contribution in [0.3, 0.4) is 0 Å². The zero-order chi connectivity index (χ0) is 91.1. The van der Waals surface area contributed by atoms with Gasteiger partial charge >= 0.3 is 6.03 Å². The van der Waals surface area contributed by atoms with Crippen molar-refractivity contribution in [3.8, 4) is 0 Å². The van der Waals surface area contributed by atoms with Crippen molar-refractivity contribution in [2.24, 2.45) is 0 Å². The molecule has 130 heavy (non-hydrogen) atoms. The van der Waals surface area contributed by atoms with Gasteiger partial charge in [0.15, 0.2) is 0 Å². The number of morpholine rings is 1. The fourth-order valence-electron chi connectivity index (χ4n) is 18.1. The minimum atomic E-state index is -1.27. The third-order valence-electron chi connectivity index (χ3n) is 24.4. The molecule has 0 aliphatic carbocycles. The lowest BCUT2D eigenvalue weighted by atomic mass is 9.90. The van der Waals surface area contributed by atoms with E-state index in [-0.39, 0.29) is 95.4 Å². The number of urea groups is 1. The lowest BCUT2D eigenvalue weighted by Crippen LogP contribution is -2.58. The predicted molar refractivity (Wildman–Crippen MR) is 505 cm³/mol. The minimum absolute atomic E-state index is 0.00446. The zero-order valence-electron chi connectivity index (χ0n) is 70.3. The second-order valence-electron chi connectivity index (χ2n) is 32.5. The van der Waals surface area contributed by atoms with E-state index < -0.39 is 49.8 Å². The fourth-order valence-corrected chi connectivity index (χ4v) is 23.4.